The number of rotatable bonds is 7. The third-order valence-electron chi connectivity index (χ3n) is 2.74. The summed E-state index contributed by atoms with van der Waals surface area (Å²) in [6.07, 6.45) is 2.12. The summed E-state index contributed by atoms with van der Waals surface area (Å²) in [7, 11) is 0. The van der Waals surface area contributed by atoms with E-state index in [4.69, 9.17) is 15.2 Å². The van der Waals surface area contributed by atoms with E-state index < -0.39 is 0 Å². The number of benzene rings is 1. The Kier molecular flexibility index (Phi) is 6.87. The number of nitrogen functional groups attached to an aromatic ring is 1. The number of anilines is 1. The van der Waals surface area contributed by atoms with Crippen LogP contribution in [-0.2, 0) is 9.47 Å². The molecule has 1 rings (SSSR count). The first-order chi connectivity index (χ1) is 9.06. The molecule has 0 aliphatic carbocycles. The molecule has 1 aromatic rings. The molecule has 5 heteroatoms. The van der Waals surface area contributed by atoms with Crippen LogP contribution in [0.5, 0.6) is 0 Å². The van der Waals surface area contributed by atoms with Crippen LogP contribution < -0.4 is 5.73 Å². The van der Waals surface area contributed by atoms with Crippen LogP contribution in [0.4, 0.5) is 5.69 Å². The maximum Gasteiger partial charge on any atom is 0.338 e. The lowest BCUT2D eigenvalue weighted by molar-refractivity contribution is 0.0313. The van der Waals surface area contributed by atoms with Crippen molar-refractivity contribution in [3.8, 4) is 0 Å². The van der Waals surface area contributed by atoms with E-state index in [-0.39, 0.29) is 12.6 Å². The Morgan fingerprint density at radius 2 is 2.05 bits per heavy atom. The Morgan fingerprint density at radius 3 is 2.74 bits per heavy atom. The minimum atomic E-state index is -0.371. The fraction of sp³-hybridized carbons (Fsp3) is 0.500. The second-order valence-corrected chi connectivity index (χ2v) is 5.19. The van der Waals surface area contributed by atoms with Gasteiger partial charge in [-0.05, 0) is 31.0 Å². The highest BCUT2D eigenvalue weighted by atomic mass is 79.9. The quantitative estimate of drug-likeness (QED) is 0.473. The van der Waals surface area contributed by atoms with Crippen molar-refractivity contribution >= 4 is 27.6 Å². The standard InChI is InChI=1S/C14H20BrNO3/c1-3-4-5-18-6-7-19-14(17)12-8-11(15)9-13(16)10(12)2/h8-9H,3-7,16H2,1-2H3. The smallest absolute Gasteiger partial charge is 0.338 e. The van der Waals surface area contributed by atoms with E-state index in [2.05, 4.69) is 22.9 Å². The van der Waals surface area contributed by atoms with Crippen molar-refractivity contribution in [1.29, 1.82) is 0 Å². The van der Waals surface area contributed by atoms with Crippen LogP contribution in [0.3, 0.4) is 0 Å². The van der Waals surface area contributed by atoms with Crippen LogP contribution in [0.1, 0.15) is 35.7 Å². The molecule has 0 aliphatic rings. The number of carbonyl (C=O) groups is 1. The molecule has 0 fully saturated rings. The van der Waals surface area contributed by atoms with Crippen molar-refractivity contribution in [1.82, 2.24) is 0 Å². The van der Waals surface area contributed by atoms with E-state index >= 15 is 0 Å². The Bertz CT molecular complexity index is 435. The second kappa shape index (κ2) is 8.17. The minimum absolute atomic E-state index is 0.258. The van der Waals surface area contributed by atoms with Crippen molar-refractivity contribution in [3.05, 3.63) is 27.7 Å². The van der Waals surface area contributed by atoms with Crippen LogP contribution >= 0.6 is 15.9 Å². The summed E-state index contributed by atoms with van der Waals surface area (Å²) < 4.78 is 11.3. The highest BCUT2D eigenvalue weighted by molar-refractivity contribution is 9.10. The molecular formula is C14H20BrNO3. The van der Waals surface area contributed by atoms with E-state index in [1.54, 1.807) is 19.1 Å². The zero-order valence-electron chi connectivity index (χ0n) is 11.4. The molecule has 0 amide bonds. The third kappa shape index (κ3) is 5.20. The highest BCUT2D eigenvalue weighted by Gasteiger charge is 2.13. The molecule has 0 saturated heterocycles. The zero-order valence-corrected chi connectivity index (χ0v) is 13.0. The van der Waals surface area contributed by atoms with E-state index in [1.807, 2.05) is 0 Å². The number of unbranched alkanes of at least 4 members (excludes halogenated alkanes) is 1. The average Bonchev–Trinajstić information content (AvgIpc) is 2.37. The van der Waals surface area contributed by atoms with E-state index in [9.17, 15) is 4.79 Å². The predicted molar refractivity (Wildman–Crippen MR) is 79.3 cm³/mol. The molecule has 0 saturated carbocycles. The summed E-state index contributed by atoms with van der Waals surface area (Å²) >= 11 is 3.31. The van der Waals surface area contributed by atoms with Gasteiger partial charge in [-0.2, -0.15) is 0 Å². The van der Waals surface area contributed by atoms with Gasteiger partial charge in [-0.1, -0.05) is 29.3 Å². The Hall–Kier alpha value is -1.07. The monoisotopic (exact) mass is 329 g/mol. The molecular weight excluding hydrogens is 310 g/mol. The maximum absolute atomic E-state index is 11.9. The van der Waals surface area contributed by atoms with Gasteiger partial charge in [0.1, 0.15) is 6.61 Å². The molecule has 0 bridgehead atoms. The number of halogens is 1. The molecule has 0 atom stereocenters. The van der Waals surface area contributed by atoms with E-state index in [0.29, 0.717) is 24.5 Å². The van der Waals surface area contributed by atoms with Crippen LogP contribution in [0, 0.1) is 6.92 Å². The van der Waals surface area contributed by atoms with Crippen molar-refractivity contribution in [3.63, 3.8) is 0 Å². The van der Waals surface area contributed by atoms with E-state index in [1.165, 1.54) is 0 Å². The van der Waals surface area contributed by atoms with Gasteiger partial charge in [-0.15, -0.1) is 0 Å². The van der Waals surface area contributed by atoms with Gasteiger partial charge in [0.2, 0.25) is 0 Å². The van der Waals surface area contributed by atoms with Crippen molar-refractivity contribution in [2.24, 2.45) is 0 Å². The number of nitrogens with two attached hydrogens (primary N) is 1. The number of hydrogen-bond acceptors (Lipinski definition) is 4. The molecule has 0 aliphatic heterocycles. The second-order valence-electron chi connectivity index (χ2n) is 4.27. The molecule has 1 aromatic carbocycles. The zero-order chi connectivity index (χ0) is 14.3. The summed E-state index contributed by atoms with van der Waals surface area (Å²) in [5, 5.41) is 0. The minimum Gasteiger partial charge on any atom is -0.460 e. The Labute approximate surface area is 122 Å². The molecule has 0 aromatic heterocycles. The molecule has 19 heavy (non-hydrogen) atoms. The number of hydrogen-bond donors (Lipinski definition) is 1. The predicted octanol–water partition coefficient (Wildman–Crippen LogP) is 3.31. The lowest BCUT2D eigenvalue weighted by Crippen LogP contribution is -2.13. The SMILES string of the molecule is CCCCOCCOC(=O)c1cc(Br)cc(N)c1C. The van der Waals surface area contributed by atoms with Crippen molar-refractivity contribution in [2.75, 3.05) is 25.6 Å². The van der Waals surface area contributed by atoms with Gasteiger partial charge >= 0.3 is 5.97 Å². The van der Waals surface area contributed by atoms with Gasteiger partial charge in [-0.25, -0.2) is 4.79 Å². The molecule has 0 unspecified atom stereocenters. The largest absolute Gasteiger partial charge is 0.460 e. The van der Waals surface area contributed by atoms with Gasteiger partial charge in [0.15, 0.2) is 0 Å². The molecule has 0 spiro atoms. The van der Waals surface area contributed by atoms with Crippen molar-refractivity contribution < 1.29 is 14.3 Å². The molecule has 0 radical (unpaired) electrons. The summed E-state index contributed by atoms with van der Waals surface area (Å²) in [4.78, 5) is 11.9. The van der Waals surface area contributed by atoms with Gasteiger partial charge < -0.3 is 15.2 Å². The fourth-order valence-electron chi connectivity index (χ4n) is 1.53. The molecule has 2 N–H and O–H groups in total. The van der Waals surface area contributed by atoms with Gasteiger partial charge in [-0.3, -0.25) is 0 Å². The van der Waals surface area contributed by atoms with Crippen LogP contribution in [0.25, 0.3) is 0 Å². The molecule has 0 heterocycles. The number of esters is 1. The van der Waals surface area contributed by atoms with Gasteiger partial charge in [0, 0.05) is 16.8 Å². The van der Waals surface area contributed by atoms with Crippen molar-refractivity contribution in [2.45, 2.75) is 26.7 Å². The summed E-state index contributed by atoms with van der Waals surface area (Å²) in [5.74, 6) is -0.371. The summed E-state index contributed by atoms with van der Waals surface area (Å²) in [6, 6.07) is 3.48. The Morgan fingerprint density at radius 1 is 1.32 bits per heavy atom. The number of ether oxygens (including phenoxy) is 2. The van der Waals surface area contributed by atoms with Crippen LogP contribution in [0.2, 0.25) is 0 Å². The lowest BCUT2D eigenvalue weighted by Gasteiger charge is -2.10. The molecule has 106 valence electrons. The first kappa shape index (κ1) is 16.0. The van der Waals surface area contributed by atoms with Gasteiger partial charge in [0.05, 0.1) is 12.2 Å². The average molecular weight is 330 g/mol. The fourth-order valence-corrected chi connectivity index (χ4v) is 2.01. The summed E-state index contributed by atoms with van der Waals surface area (Å²) in [5.41, 5.74) is 7.60. The third-order valence-corrected chi connectivity index (χ3v) is 3.19. The highest BCUT2D eigenvalue weighted by Crippen LogP contribution is 2.23. The normalized spacial score (nSPS) is 10.5. The first-order valence-electron chi connectivity index (χ1n) is 6.36. The van der Waals surface area contributed by atoms with E-state index in [0.717, 1.165) is 22.9 Å². The Balaban J connectivity index is 2.46. The maximum atomic E-state index is 11.9. The summed E-state index contributed by atoms with van der Waals surface area (Å²) in [6.45, 7) is 5.29. The molecule has 4 nitrogen and oxygen atoms in total. The number of carbonyl (C=O) groups excluding carboxylic acids is 1. The first-order valence-corrected chi connectivity index (χ1v) is 7.16. The topological polar surface area (TPSA) is 61.5 Å². The van der Waals surface area contributed by atoms with Crippen LogP contribution in [0.15, 0.2) is 16.6 Å². The van der Waals surface area contributed by atoms with Crippen LogP contribution in [-0.4, -0.2) is 25.8 Å². The van der Waals surface area contributed by atoms with Gasteiger partial charge in [0.25, 0.3) is 0 Å². The lowest BCUT2D eigenvalue weighted by atomic mass is 10.1.